The summed E-state index contributed by atoms with van der Waals surface area (Å²) in [5, 5.41) is 0. The van der Waals surface area contributed by atoms with Crippen molar-refractivity contribution >= 4 is 0 Å². The third kappa shape index (κ3) is 2.54. The van der Waals surface area contributed by atoms with Crippen LogP contribution in [0.1, 0.15) is 43.7 Å². The van der Waals surface area contributed by atoms with E-state index in [0.717, 1.165) is 18.0 Å². The first-order chi connectivity index (χ1) is 9.29. The molecule has 3 heteroatoms. The van der Waals surface area contributed by atoms with Crippen molar-refractivity contribution in [2.45, 2.75) is 44.2 Å². The van der Waals surface area contributed by atoms with Crippen LogP contribution < -0.4 is 5.73 Å². The average Bonchev–Trinajstić information content (AvgIpc) is 2.89. The number of benzene rings is 1. The minimum atomic E-state index is -0.157. The molecule has 0 radical (unpaired) electrons. The zero-order chi connectivity index (χ0) is 13.2. The Balaban J connectivity index is 1.85. The Kier molecular flexibility index (Phi) is 3.85. The summed E-state index contributed by atoms with van der Waals surface area (Å²) >= 11 is 0. The summed E-state index contributed by atoms with van der Waals surface area (Å²) in [4.78, 5) is 2.55. The topological polar surface area (TPSA) is 29.3 Å². The van der Waals surface area contributed by atoms with Crippen molar-refractivity contribution in [3.8, 4) is 0 Å². The van der Waals surface area contributed by atoms with E-state index in [-0.39, 0.29) is 11.9 Å². The van der Waals surface area contributed by atoms with Crippen LogP contribution in [0.4, 0.5) is 4.39 Å². The van der Waals surface area contributed by atoms with E-state index in [0.29, 0.717) is 12.6 Å². The van der Waals surface area contributed by atoms with Crippen molar-refractivity contribution < 1.29 is 4.39 Å². The summed E-state index contributed by atoms with van der Waals surface area (Å²) in [5.74, 6) is 0.687. The molecule has 2 N–H and O–H groups in total. The van der Waals surface area contributed by atoms with Gasteiger partial charge in [-0.3, -0.25) is 4.90 Å². The number of likely N-dealkylation sites (tertiary alicyclic amines) is 1. The molecule has 0 bridgehead atoms. The molecule has 2 aliphatic rings. The molecule has 0 spiro atoms. The van der Waals surface area contributed by atoms with Gasteiger partial charge < -0.3 is 5.73 Å². The van der Waals surface area contributed by atoms with Crippen LogP contribution in [0.15, 0.2) is 24.3 Å². The van der Waals surface area contributed by atoms with E-state index >= 15 is 0 Å². The van der Waals surface area contributed by atoms with Gasteiger partial charge in [-0.2, -0.15) is 0 Å². The summed E-state index contributed by atoms with van der Waals surface area (Å²) in [7, 11) is 0. The molecule has 3 unspecified atom stereocenters. The molecule has 1 aromatic rings. The van der Waals surface area contributed by atoms with E-state index in [1.165, 1.54) is 38.2 Å². The zero-order valence-corrected chi connectivity index (χ0v) is 11.4. The van der Waals surface area contributed by atoms with Crippen molar-refractivity contribution in [1.82, 2.24) is 4.90 Å². The van der Waals surface area contributed by atoms with Gasteiger partial charge in [0, 0.05) is 18.6 Å². The summed E-state index contributed by atoms with van der Waals surface area (Å²) in [6, 6.07) is 7.82. The van der Waals surface area contributed by atoms with Crippen LogP contribution in [0.5, 0.6) is 0 Å². The molecule has 1 aliphatic heterocycles. The molecule has 0 amide bonds. The highest BCUT2D eigenvalue weighted by molar-refractivity contribution is 5.21. The Labute approximate surface area is 114 Å². The molecule has 3 rings (SSSR count). The number of piperidine rings is 1. The summed E-state index contributed by atoms with van der Waals surface area (Å²) in [6.07, 6.45) is 6.61. The van der Waals surface area contributed by atoms with Crippen molar-refractivity contribution in [2.75, 3.05) is 13.1 Å². The second-order valence-electron chi connectivity index (χ2n) is 5.94. The number of fused-ring (bicyclic) bond motifs is 1. The maximum atomic E-state index is 13.4. The third-order valence-corrected chi connectivity index (χ3v) is 4.89. The van der Waals surface area contributed by atoms with E-state index in [1.807, 2.05) is 6.07 Å². The van der Waals surface area contributed by atoms with Crippen molar-refractivity contribution in [1.29, 1.82) is 0 Å². The van der Waals surface area contributed by atoms with Gasteiger partial charge in [-0.25, -0.2) is 4.39 Å². The van der Waals surface area contributed by atoms with Crippen LogP contribution in [-0.4, -0.2) is 24.0 Å². The molecular weight excluding hydrogens is 239 g/mol. The van der Waals surface area contributed by atoms with Crippen LogP contribution in [-0.2, 0) is 0 Å². The summed E-state index contributed by atoms with van der Waals surface area (Å²) in [6.45, 7) is 1.69. The lowest BCUT2D eigenvalue weighted by atomic mass is 9.89. The van der Waals surface area contributed by atoms with Gasteiger partial charge >= 0.3 is 0 Å². The largest absolute Gasteiger partial charge is 0.329 e. The molecule has 0 aromatic heterocycles. The third-order valence-electron chi connectivity index (χ3n) is 4.89. The number of nitrogens with zero attached hydrogens (tertiary/aromatic N) is 1. The first-order valence-electron chi connectivity index (χ1n) is 7.51. The minimum absolute atomic E-state index is 0.157. The highest BCUT2D eigenvalue weighted by atomic mass is 19.1. The SMILES string of the molecule is NCC(c1cccc(F)c1)N1CCCC2CCCC21. The monoisotopic (exact) mass is 262 g/mol. The van der Waals surface area contributed by atoms with Crippen LogP contribution in [0.2, 0.25) is 0 Å². The first kappa shape index (κ1) is 13.1. The maximum Gasteiger partial charge on any atom is 0.123 e. The molecule has 1 saturated carbocycles. The molecule has 2 nitrogen and oxygen atoms in total. The van der Waals surface area contributed by atoms with Crippen molar-refractivity contribution in [3.63, 3.8) is 0 Å². The molecule has 2 fully saturated rings. The lowest BCUT2D eigenvalue weighted by Crippen LogP contribution is -2.46. The number of rotatable bonds is 3. The maximum absolute atomic E-state index is 13.4. The van der Waals surface area contributed by atoms with Crippen LogP contribution in [0, 0.1) is 11.7 Å². The predicted molar refractivity (Wildman–Crippen MR) is 75.3 cm³/mol. The van der Waals surface area contributed by atoms with Crippen LogP contribution in [0.3, 0.4) is 0 Å². The van der Waals surface area contributed by atoms with E-state index < -0.39 is 0 Å². The molecule has 19 heavy (non-hydrogen) atoms. The molecule has 104 valence electrons. The average molecular weight is 262 g/mol. The standard InChI is InChI=1S/C16H23FN2/c17-14-7-1-5-13(10-14)16(11-18)19-9-3-6-12-4-2-8-15(12)19/h1,5,7,10,12,15-16H,2-4,6,8-9,11,18H2. The highest BCUT2D eigenvalue weighted by Gasteiger charge is 2.38. The summed E-state index contributed by atoms with van der Waals surface area (Å²) < 4.78 is 13.4. The fraction of sp³-hybridized carbons (Fsp3) is 0.625. The first-order valence-corrected chi connectivity index (χ1v) is 7.51. The Hall–Kier alpha value is -0.930. The van der Waals surface area contributed by atoms with Gasteiger partial charge in [0.2, 0.25) is 0 Å². The number of halogens is 1. The molecule has 1 aliphatic carbocycles. The fourth-order valence-corrected chi connectivity index (χ4v) is 4.06. The van der Waals surface area contributed by atoms with Gasteiger partial charge in [-0.1, -0.05) is 18.6 Å². The Bertz CT molecular complexity index is 435. The van der Waals surface area contributed by atoms with Gasteiger partial charge in [-0.05, 0) is 55.8 Å². The highest BCUT2D eigenvalue weighted by Crippen LogP contribution is 2.40. The van der Waals surface area contributed by atoms with Gasteiger partial charge in [-0.15, -0.1) is 0 Å². The van der Waals surface area contributed by atoms with Crippen LogP contribution in [0.25, 0.3) is 0 Å². The van der Waals surface area contributed by atoms with E-state index in [4.69, 9.17) is 5.73 Å². The smallest absolute Gasteiger partial charge is 0.123 e. The Morgan fingerprint density at radius 3 is 2.89 bits per heavy atom. The molecule has 1 aromatic carbocycles. The predicted octanol–water partition coefficient (Wildman–Crippen LogP) is 3.09. The molecule has 1 heterocycles. The van der Waals surface area contributed by atoms with Gasteiger partial charge in [0.1, 0.15) is 5.82 Å². The quantitative estimate of drug-likeness (QED) is 0.907. The summed E-state index contributed by atoms with van der Waals surface area (Å²) in [5.41, 5.74) is 7.04. The van der Waals surface area contributed by atoms with Crippen molar-refractivity contribution in [2.24, 2.45) is 11.7 Å². The van der Waals surface area contributed by atoms with Gasteiger partial charge in [0.15, 0.2) is 0 Å². The molecule has 1 saturated heterocycles. The second kappa shape index (κ2) is 5.59. The number of hydrogen-bond donors (Lipinski definition) is 1. The second-order valence-corrected chi connectivity index (χ2v) is 5.94. The van der Waals surface area contributed by atoms with Crippen molar-refractivity contribution in [3.05, 3.63) is 35.6 Å². The Morgan fingerprint density at radius 2 is 2.11 bits per heavy atom. The van der Waals surface area contributed by atoms with Crippen LogP contribution >= 0.6 is 0 Å². The molecular formula is C16H23FN2. The van der Waals surface area contributed by atoms with Gasteiger partial charge in [0.05, 0.1) is 0 Å². The normalized spacial score (nSPS) is 29.2. The minimum Gasteiger partial charge on any atom is -0.329 e. The van der Waals surface area contributed by atoms with E-state index in [1.54, 1.807) is 12.1 Å². The lowest BCUT2D eigenvalue weighted by Gasteiger charge is -2.42. The lowest BCUT2D eigenvalue weighted by molar-refractivity contribution is 0.0700. The Morgan fingerprint density at radius 1 is 1.26 bits per heavy atom. The number of nitrogens with two attached hydrogens (primary N) is 1. The van der Waals surface area contributed by atoms with E-state index in [9.17, 15) is 4.39 Å². The zero-order valence-electron chi connectivity index (χ0n) is 11.4. The van der Waals surface area contributed by atoms with E-state index in [2.05, 4.69) is 4.90 Å². The van der Waals surface area contributed by atoms with Gasteiger partial charge in [0.25, 0.3) is 0 Å². The fourth-order valence-electron chi connectivity index (χ4n) is 4.06. The number of hydrogen-bond acceptors (Lipinski definition) is 2. The molecule has 3 atom stereocenters.